The van der Waals surface area contributed by atoms with E-state index in [0.717, 1.165) is 23.1 Å². The summed E-state index contributed by atoms with van der Waals surface area (Å²) < 4.78 is 31.5. The lowest BCUT2D eigenvalue weighted by Gasteiger charge is -2.24. The molecule has 0 amide bonds. The van der Waals surface area contributed by atoms with Crippen molar-refractivity contribution in [3.63, 3.8) is 0 Å². The van der Waals surface area contributed by atoms with Gasteiger partial charge in [0.25, 0.3) is 10.1 Å². The number of benzene rings is 1. The summed E-state index contributed by atoms with van der Waals surface area (Å²) in [6, 6.07) is 8.97. The molecule has 0 saturated heterocycles. The van der Waals surface area contributed by atoms with Crippen molar-refractivity contribution in [2.24, 2.45) is 10.2 Å². The summed E-state index contributed by atoms with van der Waals surface area (Å²) in [4.78, 5) is 6.15. The fourth-order valence-electron chi connectivity index (χ4n) is 2.44. The number of nitrogens with two attached hydrogens (primary N) is 1. The molecule has 8 nitrogen and oxygen atoms in total. The van der Waals surface area contributed by atoms with E-state index in [4.69, 9.17) is 10.3 Å². The van der Waals surface area contributed by atoms with E-state index >= 15 is 0 Å². The molecule has 0 saturated carbocycles. The average molecular weight is 456 g/mol. The largest absolute Gasteiger partial charge is 0.397 e. The van der Waals surface area contributed by atoms with Crippen LogP contribution in [0, 0.1) is 0 Å². The molecule has 0 atom stereocenters. The Balaban J connectivity index is 2.11. The second kappa shape index (κ2) is 9.77. The van der Waals surface area contributed by atoms with Gasteiger partial charge in [0.1, 0.15) is 5.69 Å². The normalized spacial score (nSPS) is 11.8. The molecule has 1 heterocycles. The van der Waals surface area contributed by atoms with Gasteiger partial charge in [0.2, 0.25) is 0 Å². The van der Waals surface area contributed by atoms with Crippen molar-refractivity contribution in [3.05, 3.63) is 41.0 Å². The number of anilines is 2. The molecule has 0 aliphatic rings. The van der Waals surface area contributed by atoms with Crippen LogP contribution in [0.5, 0.6) is 0 Å². The summed E-state index contributed by atoms with van der Waals surface area (Å²) in [6.45, 7) is 3.28. The summed E-state index contributed by atoms with van der Waals surface area (Å²) in [5.41, 5.74) is 7.95. The molecule has 0 fully saturated rings. The van der Waals surface area contributed by atoms with Gasteiger partial charge >= 0.3 is 0 Å². The molecule has 0 spiro atoms. The predicted molar refractivity (Wildman–Crippen MR) is 111 cm³/mol. The van der Waals surface area contributed by atoms with Crippen molar-refractivity contribution in [3.8, 4) is 0 Å². The Hall–Kier alpha value is -2.04. The molecule has 2 rings (SSSR count). The molecule has 0 aliphatic carbocycles. The molecule has 3 N–H and O–H groups in total. The number of azo groups is 1. The maximum absolute atomic E-state index is 10.9. The standard InChI is InChI=1S/C17H22BrN5O3S/c1-2-8-23(9-3-10-27(24,25)26)14-5-6-16(15(19)11-14)21-22-17-7-4-13(18)12-20-17/h4-7,11-12H,2-3,8-10,19H2,1H3,(H,24,25,26). The number of hydrogen-bond acceptors (Lipinski definition) is 7. The van der Waals surface area contributed by atoms with Crippen LogP contribution in [0.3, 0.4) is 0 Å². The predicted octanol–water partition coefficient (Wildman–Crippen LogP) is 4.34. The third kappa shape index (κ3) is 7.24. The molecule has 10 heteroatoms. The minimum atomic E-state index is -3.96. The maximum Gasteiger partial charge on any atom is 0.264 e. The highest BCUT2D eigenvalue weighted by Crippen LogP contribution is 2.29. The average Bonchev–Trinajstić information content (AvgIpc) is 2.60. The third-order valence-corrected chi connectivity index (χ3v) is 4.95. The van der Waals surface area contributed by atoms with Gasteiger partial charge in [-0.2, -0.15) is 8.42 Å². The fraction of sp³-hybridized carbons (Fsp3) is 0.353. The molecule has 1 aromatic carbocycles. The van der Waals surface area contributed by atoms with Crippen LogP contribution < -0.4 is 10.6 Å². The molecule has 1 aromatic heterocycles. The van der Waals surface area contributed by atoms with Gasteiger partial charge < -0.3 is 10.6 Å². The molecular weight excluding hydrogens is 434 g/mol. The van der Waals surface area contributed by atoms with Crippen molar-refractivity contribution in [2.45, 2.75) is 19.8 Å². The van der Waals surface area contributed by atoms with Gasteiger partial charge in [0, 0.05) is 29.4 Å². The van der Waals surface area contributed by atoms with Crippen molar-refractivity contribution < 1.29 is 13.0 Å². The van der Waals surface area contributed by atoms with Crippen LogP contribution in [-0.2, 0) is 10.1 Å². The summed E-state index contributed by atoms with van der Waals surface area (Å²) in [5, 5.41) is 8.21. The lowest BCUT2D eigenvalue weighted by molar-refractivity contribution is 0.481. The lowest BCUT2D eigenvalue weighted by atomic mass is 10.2. The first-order chi connectivity index (χ1) is 12.8. The summed E-state index contributed by atoms with van der Waals surface area (Å²) in [7, 11) is -3.96. The van der Waals surface area contributed by atoms with Gasteiger partial charge in [-0.1, -0.05) is 6.92 Å². The second-order valence-corrected chi connectivity index (χ2v) is 8.39. The summed E-state index contributed by atoms with van der Waals surface area (Å²) in [6.07, 6.45) is 2.86. The zero-order valence-electron chi connectivity index (χ0n) is 14.9. The van der Waals surface area contributed by atoms with Crippen LogP contribution in [-0.4, -0.2) is 36.8 Å². The molecule has 0 radical (unpaired) electrons. The van der Waals surface area contributed by atoms with Crippen LogP contribution >= 0.6 is 15.9 Å². The fourth-order valence-corrected chi connectivity index (χ4v) is 3.17. The molecule has 146 valence electrons. The monoisotopic (exact) mass is 455 g/mol. The summed E-state index contributed by atoms with van der Waals surface area (Å²) in [5.74, 6) is 0.203. The van der Waals surface area contributed by atoms with E-state index < -0.39 is 10.1 Å². The van der Waals surface area contributed by atoms with Gasteiger partial charge in [-0.3, -0.25) is 4.55 Å². The van der Waals surface area contributed by atoms with E-state index in [0.29, 0.717) is 30.2 Å². The van der Waals surface area contributed by atoms with E-state index in [2.05, 4.69) is 31.1 Å². The van der Waals surface area contributed by atoms with Crippen LogP contribution in [0.2, 0.25) is 0 Å². The molecule has 0 bridgehead atoms. The number of hydrogen-bond donors (Lipinski definition) is 2. The Labute approximate surface area is 167 Å². The number of nitrogen functional groups attached to an aromatic ring is 1. The Morgan fingerprint density at radius 2 is 2.00 bits per heavy atom. The Morgan fingerprint density at radius 3 is 2.59 bits per heavy atom. The molecule has 0 unspecified atom stereocenters. The maximum atomic E-state index is 10.9. The van der Waals surface area contributed by atoms with E-state index in [1.54, 1.807) is 24.4 Å². The van der Waals surface area contributed by atoms with Crippen LogP contribution in [0.1, 0.15) is 19.8 Å². The molecule has 0 aliphatic heterocycles. The topological polar surface area (TPSA) is 121 Å². The zero-order chi connectivity index (χ0) is 19.9. The molecular formula is C17H22BrN5O3S. The van der Waals surface area contributed by atoms with Gasteiger partial charge in [-0.05, 0) is 59.1 Å². The van der Waals surface area contributed by atoms with E-state index in [9.17, 15) is 8.42 Å². The minimum Gasteiger partial charge on any atom is -0.397 e. The molecule has 2 aromatic rings. The lowest BCUT2D eigenvalue weighted by Crippen LogP contribution is -2.26. The van der Waals surface area contributed by atoms with Crippen molar-refractivity contribution in [1.29, 1.82) is 0 Å². The Kier molecular flexibility index (Phi) is 7.69. The van der Waals surface area contributed by atoms with Crippen molar-refractivity contribution >= 4 is 48.9 Å². The number of pyridine rings is 1. The third-order valence-electron chi connectivity index (χ3n) is 3.67. The van der Waals surface area contributed by atoms with Crippen molar-refractivity contribution in [2.75, 3.05) is 29.5 Å². The highest BCUT2D eigenvalue weighted by molar-refractivity contribution is 9.10. The zero-order valence-corrected chi connectivity index (χ0v) is 17.3. The first-order valence-electron chi connectivity index (χ1n) is 8.41. The number of nitrogens with zero attached hydrogens (tertiary/aromatic N) is 4. The Bertz CT molecular complexity index is 888. The van der Waals surface area contributed by atoms with E-state index in [1.807, 2.05) is 24.0 Å². The first kappa shape index (κ1) is 21.3. The van der Waals surface area contributed by atoms with E-state index in [-0.39, 0.29) is 5.75 Å². The summed E-state index contributed by atoms with van der Waals surface area (Å²) >= 11 is 3.31. The first-order valence-corrected chi connectivity index (χ1v) is 10.8. The Morgan fingerprint density at radius 1 is 1.22 bits per heavy atom. The van der Waals surface area contributed by atoms with Gasteiger partial charge in [-0.25, -0.2) is 4.98 Å². The molecule has 27 heavy (non-hydrogen) atoms. The highest BCUT2D eigenvalue weighted by Gasteiger charge is 2.11. The quantitative estimate of drug-likeness (QED) is 0.329. The highest BCUT2D eigenvalue weighted by atomic mass is 79.9. The van der Waals surface area contributed by atoms with Gasteiger partial charge in [-0.15, -0.1) is 10.2 Å². The van der Waals surface area contributed by atoms with E-state index in [1.165, 1.54) is 0 Å². The van der Waals surface area contributed by atoms with Crippen LogP contribution in [0.25, 0.3) is 0 Å². The van der Waals surface area contributed by atoms with Crippen LogP contribution in [0.15, 0.2) is 51.2 Å². The number of rotatable bonds is 9. The van der Waals surface area contributed by atoms with Gasteiger partial charge in [0.15, 0.2) is 5.82 Å². The SMILES string of the molecule is CCCN(CCCS(=O)(=O)O)c1ccc(N=Nc2ccc(Br)cn2)c(N)c1. The smallest absolute Gasteiger partial charge is 0.264 e. The number of halogens is 1. The van der Waals surface area contributed by atoms with Gasteiger partial charge in [0.05, 0.1) is 11.4 Å². The minimum absolute atomic E-state index is 0.269. The van der Waals surface area contributed by atoms with Crippen LogP contribution in [0.4, 0.5) is 22.9 Å². The second-order valence-electron chi connectivity index (χ2n) is 5.90. The number of aromatic nitrogens is 1. The van der Waals surface area contributed by atoms with Crippen molar-refractivity contribution in [1.82, 2.24) is 4.98 Å².